The van der Waals surface area contributed by atoms with Crippen LogP contribution in [-0.2, 0) is 4.79 Å². The molecule has 0 bridgehead atoms. The van der Waals surface area contributed by atoms with Crippen LogP contribution in [0.2, 0.25) is 0 Å². The Bertz CT molecular complexity index is 818. The highest BCUT2D eigenvalue weighted by molar-refractivity contribution is 7.19. The Kier molecular flexibility index (Phi) is 5.07. The van der Waals surface area contributed by atoms with Gasteiger partial charge in [0.25, 0.3) is 5.91 Å². The molecular weight excluding hydrogens is 338 g/mol. The number of thiazole rings is 1. The normalized spacial score (nSPS) is 16.2. The van der Waals surface area contributed by atoms with Gasteiger partial charge in [-0.3, -0.25) is 9.59 Å². The maximum Gasteiger partial charge on any atom is 0.251 e. The van der Waals surface area contributed by atoms with E-state index in [0.29, 0.717) is 17.2 Å². The first-order valence-electron chi connectivity index (χ1n) is 7.87. The van der Waals surface area contributed by atoms with Crippen molar-refractivity contribution in [3.8, 4) is 16.6 Å². The molecule has 0 aliphatic carbocycles. The van der Waals surface area contributed by atoms with E-state index < -0.39 is 0 Å². The van der Waals surface area contributed by atoms with Crippen LogP contribution in [0, 0.1) is 17.4 Å². The second-order valence-corrected chi connectivity index (χ2v) is 6.64. The minimum atomic E-state index is -0.219. The van der Waals surface area contributed by atoms with Crippen molar-refractivity contribution in [2.24, 2.45) is 5.92 Å². The van der Waals surface area contributed by atoms with Gasteiger partial charge in [0.2, 0.25) is 11.0 Å². The van der Waals surface area contributed by atoms with E-state index in [1.54, 1.807) is 25.4 Å². The van der Waals surface area contributed by atoms with Crippen LogP contribution in [0.1, 0.15) is 16.8 Å². The van der Waals surface area contributed by atoms with Crippen LogP contribution in [0.5, 0.6) is 0 Å². The number of nitrogens with one attached hydrogen (secondary N) is 2. The lowest BCUT2D eigenvalue weighted by molar-refractivity contribution is -0.121. The van der Waals surface area contributed by atoms with Crippen molar-refractivity contribution >= 4 is 28.3 Å². The molecule has 1 aliphatic heterocycles. The minimum Gasteiger partial charge on any atom is -0.355 e. The van der Waals surface area contributed by atoms with Crippen LogP contribution >= 0.6 is 11.3 Å². The quantitative estimate of drug-likeness (QED) is 0.641. The molecule has 2 N–H and O–H groups in total. The molecule has 1 aromatic carbocycles. The van der Waals surface area contributed by atoms with E-state index in [2.05, 4.69) is 15.6 Å². The fraction of sp³-hybridized carbons (Fsp3) is 0.294. The highest BCUT2D eigenvalue weighted by atomic mass is 32.1. The molecule has 128 valence electrons. The van der Waals surface area contributed by atoms with Crippen molar-refractivity contribution in [2.45, 2.75) is 6.42 Å². The third-order valence-electron chi connectivity index (χ3n) is 4.07. The molecule has 0 unspecified atom stereocenters. The Balaban J connectivity index is 1.80. The average Bonchev–Trinajstić information content (AvgIpc) is 3.34. The first-order valence-corrected chi connectivity index (χ1v) is 8.68. The van der Waals surface area contributed by atoms with Gasteiger partial charge < -0.3 is 10.6 Å². The number of rotatable bonds is 4. The van der Waals surface area contributed by atoms with Crippen LogP contribution in [-0.4, -0.2) is 36.9 Å². The fourth-order valence-electron chi connectivity index (χ4n) is 2.67. The van der Waals surface area contributed by atoms with Gasteiger partial charge in [0.1, 0.15) is 0 Å². The monoisotopic (exact) mass is 355 g/mol. The number of nitriles is 1. The highest BCUT2D eigenvalue weighted by Gasteiger charge is 2.29. The molecule has 3 rings (SSSR count). The van der Waals surface area contributed by atoms with E-state index in [9.17, 15) is 14.9 Å². The van der Waals surface area contributed by atoms with Gasteiger partial charge in [-0.25, -0.2) is 4.98 Å². The Morgan fingerprint density at radius 3 is 2.76 bits per heavy atom. The molecule has 25 heavy (non-hydrogen) atoms. The molecule has 0 saturated carbocycles. The summed E-state index contributed by atoms with van der Waals surface area (Å²) in [6, 6.07) is 7.10. The van der Waals surface area contributed by atoms with Crippen LogP contribution in [0.3, 0.4) is 0 Å². The molecule has 1 aliphatic rings. The first kappa shape index (κ1) is 17.1. The van der Waals surface area contributed by atoms with Gasteiger partial charge in [-0.1, -0.05) is 23.5 Å². The summed E-state index contributed by atoms with van der Waals surface area (Å²) in [4.78, 5) is 30.2. The predicted octanol–water partition coefficient (Wildman–Crippen LogP) is 1.59. The summed E-state index contributed by atoms with van der Waals surface area (Å²) in [5.41, 5.74) is 1.45. The summed E-state index contributed by atoms with van der Waals surface area (Å²) in [6.07, 6.45) is 4.31. The molecule has 0 spiro atoms. The summed E-state index contributed by atoms with van der Waals surface area (Å²) in [6.45, 7) is 1.38. The van der Waals surface area contributed by atoms with Gasteiger partial charge >= 0.3 is 0 Å². The third kappa shape index (κ3) is 3.52. The van der Waals surface area contributed by atoms with E-state index in [1.807, 2.05) is 18.3 Å². The fourth-order valence-corrected chi connectivity index (χ4v) is 3.55. The molecule has 7 nitrogen and oxygen atoms in total. The molecule has 2 aromatic rings. The van der Waals surface area contributed by atoms with Crippen molar-refractivity contribution in [3.05, 3.63) is 36.0 Å². The molecule has 1 atom stereocenters. The minimum absolute atomic E-state index is 0.150. The first-order chi connectivity index (χ1) is 12.1. The Hall–Kier alpha value is -2.76. The van der Waals surface area contributed by atoms with Crippen molar-refractivity contribution in [1.29, 1.82) is 5.26 Å². The molecule has 2 amide bonds. The molecular formula is C17H17N5O2S. The van der Waals surface area contributed by atoms with Gasteiger partial charge in [0.15, 0.2) is 6.19 Å². The predicted molar refractivity (Wildman–Crippen MR) is 95.0 cm³/mol. The van der Waals surface area contributed by atoms with Crippen LogP contribution in [0.15, 0.2) is 30.5 Å². The number of benzene rings is 1. The van der Waals surface area contributed by atoms with E-state index in [4.69, 9.17) is 0 Å². The van der Waals surface area contributed by atoms with Gasteiger partial charge in [-0.2, -0.15) is 10.2 Å². The SMILES string of the molecule is CNC(=O)c1ccc(-c2cnc(N(C#N)C(=O)[C@H]3CCNC3)s2)cc1. The lowest BCUT2D eigenvalue weighted by atomic mass is 10.1. The van der Waals surface area contributed by atoms with E-state index in [-0.39, 0.29) is 17.7 Å². The van der Waals surface area contributed by atoms with Gasteiger partial charge in [-0.05, 0) is 30.7 Å². The van der Waals surface area contributed by atoms with Crippen LogP contribution in [0.4, 0.5) is 5.13 Å². The standard InChI is InChI=1S/C17H17N5O2S/c1-19-15(23)12-4-2-11(3-5-12)14-9-21-17(25-14)22(10-18)16(24)13-6-7-20-8-13/h2-5,9,13,20H,6-8H2,1H3,(H,19,23)/t13-/m0/s1. The number of nitrogens with zero attached hydrogens (tertiary/aromatic N) is 3. The van der Waals surface area contributed by atoms with Crippen LogP contribution in [0.25, 0.3) is 10.4 Å². The number of hydrogen-bond acceptors (Lipinski definition) is 6. The number of amides is 2. The number of hydrogen-bond donors (Lipinski definition) is 2. The van der Waals surface area contributed by atoms with Crippen LogP contribution < -0.4 is 15.5 Å². The zero-order valence-corrected chi connectivity index (χ0v) is 14.5. The maximum absolute atomic E-state index is 12.5. The second kappa shape index (κ2) is 7.42. The van der Waals surface area contributed by atoms with Crippen molar-refractivity contribution in [3.63, 3.8) is 0 Å². The number of carbonyl (C=O) groups excluding carboxylic acids is 2. The third-order valence-corrected chi connectivity index (χ3v) is 5.10. The largest absolute Gasteiger partial charge is 0.355 e. The molecule has 0 radical (unpaired) electrons. The second-order valence-electron chi connectivity index (χ2n) is 5.63. The lowest BCUT2D eigenvalue weighted by Gasteiger charge is -2.14. The summed E-state index contributed by atoms with van der Waals surface area (Å²) >= 11 is 1.28. The smallest absolute Gasteiger partial charge is 0.251 e. The zero-order valence-electron chi connectivity index (χ0n) is 13.7. The van der Waals surface area contributed by atoms with E-state index in [1.165, 1.54) is 11.3 Å². The molecule has 1 fully saturated rings. The van der Waals surface area contributed by atoms with Crippen molar-refractivity contribution in [1.82, 2.24) is 15.6 Å². The van der Waals surface area contributed by atoms with Gasteiger partial charge in [0.05, 0.1) is 10.8 Å². The Morgan fingerprint density at radius 1 is 1.40 bits per heavy atom. The Morgan fingerprint density at radius 2 is 2.16 bits per heavy atom. The lowest BCUT2D eigenvalue weighted by Crippen LogP contribution is -2.33. The Labute approximate surface area is 149 Å². The topological polar surface area (TPSA) is 98.1 Å². The number of aromatic nitrogens is 1. The highest BCUT2D eigenvalue weighted by Crippen LogP contribution is 2.32. The zero-order chi connectivity index (χ0) is 17.8. The van der Waals surface area contributed by atoms with E-state index in [0.717, 1.165) is 28.3 Å². The summed E-state index contributed by atoms with van der Waals surface area (Å²) in [5, 5.41) is 15.4. The van der Waals surface area contributed by atoms with E-state index >= 15 is 0 Å². The molecule has 1 aromatic heterocycles. The maximum atomic E-state index is 12.5. The summed E-state index contributed by atoms with van der Waals surface area (Å²) < 4.78 is 0. The van der Waals surface area contributed by atoms with Crippen molar-refractivity contribution in [2.75, 3.05) is 25.0 Å². The summed E-state index contributed by atoms with van der Waals surface area (Å²) in [7, 11) is 1.58. The molecule has 1 saturated heterocycles. The average molecular weight is 355 g/mol. The number of anilines is 1. The molecule has 8 heteroatoms. The summed E-state index contributed by atoms with van der Waals surface area (Å²) in [5.74, 6) is -0.551. The van der Waals surface area contributed by atoms with Gasteiger partial charge in [-0.15, -0.1) is 0 Å². The van der Waals surface area contributed by atoms with Crippen molar-refractivity contribution < 1.29 is 9.59 Å². The number of carbonyl (C=O) groups is 2. The van der Waals surface area contributed by atoms with Gasteiger partial charge in [0, 0.05) is 25.4 Å². The molecule has 2 heterocycles.